The Bertz CT molecular complexity index is 1100. The summed E-state index contributed by atoms with van der Waals surface area (Å²) < 4.78 is 45.0. The molecular weight excluding hydrogens is 409 g/mol. The number of anilines is 4. The topological polar surface area (TPSA) is 88.3 Å². The fourth-order valence-corrected chi connectivity index (χ4v) is 3.78. The van der Waals surface area contributed by atoms with Gasteiger partial charge in [0.1, 0.15) is 17.1 Å². The number of nitrogen functional groups attached to an aromatic ring is 1. The molecule has 31 heavy (non-hydrogen) atoms. The highest BCUT2D eigenvalue weighted by Crippen LogP contribution is 2.35. The summed E-state index contributed by atoms with van der Waals surface area (Å²) in [6.45, 7) is 1.56. The van der Waals surface area contributed by atoms with Gasteiger partial charge in [-0.15, -0.1) is 0 Å². The molecule has 1 unspecified atom stereocenters. The van der Waals surface area contributed by atoms with Gasteiger partial charge in [-0.25, -0.2) is 4.98 Å². The zero-order chi connectivity index (χ0) is 22.2. The normalized spacial score (nSPS) is 16.7. The van der Waals surface area contributed by atoms with Gasteiger partial charge in [0, 0.05) is 35.9 Å². The predicted octanol–water partition coefficient (Wildman–Crippen LogP) is 3.78. The molecule has 0 saturated carbocycles. The summed E-state index contributed by atoms with van der Waals surface area (Å²) in [5.41, 5.74) is 5.57. The van der Waals surface area contributed by atoms with E-state index in [-0.39, 0.29) is 17.3 Å². The Labute approximate surface area is 177 Å². The van der Waals surface area contributed by atoms with Crippen LogP contribution in [0.2, 0.25) is 0 Å². The Morgan fingerprint density at radius 1 is 1.19 bits per heavy atom. The van der Waals surface area contributed by atoms with Gasteiger partial charge in [0.25, 0.3) is 0 Å². The van der Waals surface area contributed by atoms with Gasteiger partial charge in [-0.1, -0.05) is 6.07 Å². The smallest absolute Gasteiger partial charge is 0.416 e. The number of halogens is 3. The van der Waals surface area contributed by atoms with E-state index in [0.717, 1.165) is 37.0 Å². The van der Waals surface area contributed by atoms with Gasteiger partial charge in [0.05, 0.1) is 12.7 Å². The van der Waals surface area contributed by atoms with Gasteiger partial charge >= 0.3 is 6.18 Å². The van der Waals surface area contributed by atoms with Crippen LogP contribution in [0.4, 0.5) is 36.3 Å². The first kappa shape index (κ1) is 21.0. The van der Waals surface area contributed by atoms with Crippen LogP contribution in [-0.4, -0.2) is 43.3 Å². The molecule has 3 aromatic rings. The first-order valence-electron chi connectivity index (χ1n) is 9.80. The third-order valence-corrected chi connectivity index (χ3v) is 5.32. The Hall–Kier alpha value is -3.27. The van der Waals surface area contributed by atoms with Gasteiger partial charge in [-0.2, -0.15) is 18.2 Å². The summed E-state index contributed by atoms with van der Waals surface area (Å²) in [7, 11) is 3.46. The fourth-order valence-electron chi connectivity index (χ4n) is 3.78. The number of nitrogens with two attached hydrogens (primary N) is 1. The molecule has 164 valence electrons. The van der Waals surface area contributed by atoms with E-state index in [9.17, 15) is 13.2 Å². The number of fused-ring (bicyclic) bond motifs is 1. The number of ether oxygens (including phenoxy) is 1. The van der Waals surface area contributed by atoms with Crippen LogP contribution in [-0.2, 0) is 6.18 Å². The van der Waals surface area contributed by atoms with Crippen LogP contribution >= 0.6 is 0 Å². The van der Waals surface area contributed by atoms with Crippen molar-refractivity contribution >= 4 is 34.0 Å². The van der Waals surface area contributed by atoms with E-state index < -0.39 is 11.7 Å². The van der Waals surface area contributed by atoms with E-state index in [0.29, 0.717) is 23.1 Å². The minimum Gasteiger partial charge on any atom is -0.494 e. The molecule has 1 aromatic heterocycles. The number of hydrogen-bond acceptors (Lipinski definition) is 7. The fraction of sp³-hybridized carbons (Fsp3) is 0.333. The summed E-state index contributed by atoms with van der Waals surface area (Å²) in [6.07, 6.45) is -3.55. The number of hydrogen-bond donors (Lipinski definition) is 3. The monoisotopic (exact) mass is 432 g/mol. The molecule has 4 rings (SSSR count). The highest BCUT2D eigenvalue weighted by Gasteiger charge is 2.31. The Morgan fingerprint density at radius 2 is 2.00 bits per heavy atom. The Balaban J connectivity index is 1.79. The maximum Gasteiger partial charge on any atom is 0.416 e. The van der Waals surface area contributed by atoms with E-state index >= 15 is 0 Å². The quantitative estimate of drug-likeness (QED) is 0.529. The van der Waals surface area contributed by atoms with E-state index in [4.69, 9.17) is 10.5 Å². The van der Waals surface area contributed by atoms with Crippen molar-refractivity contribution in [1.29, 1.82) is 0 Å². The summed E-state index contributed by atoms with van der Waals surface area (Å²) in [5, 5.41) is 6.97. The maximum atomic E-state index is 13.2. The molecule has 0 bridgehead atoms. The number of rotatable bonds is 5. The average Bonchev–Trinajstić information content (AvgIpc) is 3.21. The van der Waals surface area contributed by atoms with Crippen LogP contribution in [0.3, 0.4) is 0 Å². The number of likely N-dealkylation sites (N-methyl/N-ethyl adjacent to an activating group) is 1. The molecule has 4 N–H and O–H groups in total. The van der Waals surface area contributed by atoms with Crippen molar-refractivity contribution in [3.05, 3.63) is 42.0 Å². The minimum absolute atomic E-state index is 0.00711. The summed E-state index contributed by atoms with van der Waals surface area (Å²) in [4.78, 5) is 11.3. The van der Waals surface area contributed by atoms with E-state index in [2.05, 4.69) is 25.5 Å². The number of para-hydroxylation sites is 1. The number of alkyl halides is 3. The van der Waals surface area contributed by atoms with Crippen molar-refractivity contribution in [3.8, 4) is 5.75 Å². The Morgan fingerprint density at radius 3 is 2.68 bits per heavy atom. The van der Waals surface area contributed by atoms with Crippen molar-refractivity contribution in [3.63, 3.8) is 0 Å². The lowest BCUT2D eigenvalue weighted by molar-refractivity contribution is -0.137. The molecule has 0 spiro atoms. The van der Waals surface area contributed by atoms with Crippen LogP contribution < -0.4 is 26.0 Å². The molecule has 1 saturated heterocycles. The molecule has 1 aliphatic rings. The van der Waals surface area contributed by atoms with Crippen LogP contribution in [0.15, 0.2) is 36.4 Å². The molecule has 1 aliphatic heterocycles. The molecule has 0 radical (unpaired) electrons. The van der Waals surface area contributed by atoms with E-state index in [1.165, 1.54) is 6.07 Å². The zero-order valence-corrected chi connectivity index (χ0v) is 17.1. The van der Waals surface area contributed by atoms with Crippen LogP contribution in [0.1, 0.15) is 12.0 Å². The number of benzene rings is 2. The molecule has 0 amide bonds. The summed E-state index contributed by atoms with van der Waals surface area (Å²) in [6, 6.07) is 9.17. The molecular formula is C21H23F3N6O. The largest absolute Gasteiger partial charge is 0.494 e. The zero-order valence-electron chi connectivity index (χ0n) is 17.1. The van der Waals surface area contributed by atoms with Crippen LogP contribution in [0.25, 0.3) is 10.9 Å². The highest BCUT2D eigenvalue weighted by molar-refractivity contribution is 5.94. The lowest BCUT2D eigenvalue weighted by Crippen LogP contribution is -2.30. The second kappa shape index (κ2) is 8.10. The van der Waals surface area contributed by atoms with Crippen LogP contribution in [0.5, 0.6) is 5.75 Å². The van der Waals surface area contributed by atoms with E-state index in [1.807, 2.05) is 19.2 Å². The SMILES string of the molecule is CNC1CCN(c2nc(Nc3cc(N)cc(C(F)(F)F)c3)nc3c(OC)cccc23)C1. The predicted molar refractivity (Wildman–Crippen MR) is 115 cm³/mol. The molecule has 10 heteroatoms. The lowest BCUT2D eigenvalue weighted by atomic mass is 10.1. The summed E-state index contributed by atoms with van der Waals surface area (Å²) >= 11 is 0. The molecule has 2 aromatic carbocycles. The first-order valence-corrected chi connectivity index (χ1v) is 9.80. The molecule has 1 atom stereocenters. The second-order valence-electron chi connectivity index (χ2n) is 7.41. The Kier molecular flexibility index (Phi) is 5.48. The second-order valence-corrected chi connectivity index (χ2v) is 7.41. The highest BCUT2D eigenvalue weighted by atomic mass is 19.4. The maximum absolute atomic E-state index is 13.2. The van der Waals surface area contributed by atoms with Crippen molar-refractivity contribution in [2.45, 2.75) is 18.6 Å². The van der Waals surface area contributed by atoms with Gasteiger partial charge in [-0.05, 0) is 43.8 Å². The average molecular weight is 432 g/mol. The van der Waals surface area contributed by atoms with Crippen LogP contribution in [0, 0.1) is 0 Å². The number of aromatic nitrogens is 2. The number of methoxy groups -OCH3 is 1. The standard InChI is InChI=1S/C21H23F3N6O/c1-26-14-6-7-30(11-14)19-16-4-3-5-17(31-2)18(16)28-20(29-19)27-15-9-12(21(22,23)24)8-13(25)10-15/h3-5,8-10,14,26H,6-7,11,25H2,1-2H3,(H,27,28,29). The van der Waals surface area contributed by atoms with Gasteiger partial charge in [0.15, 0.2) is 0 Å². The van der Waals surface area contributed by atoms with Crippen molar-refractivity contribution in [1.82, 2.24) is 15.3 Å². The third kappa shape index (κ3) is 4.29. The molecule has 0 aliphatic carbocycles. The third-order valence-electron chi connectivity index (χ3n) is 5.32. The first-order chi connectivity index (χ1) is 14.8. The van der Waals surface area contributed by atoms with Gasteiger partial charge in [-0.3, -0.25) is 0 Å². The lowest BCUT2D eigenvalue weighted by Gasteiger charge is -2.21. The summed E-state index contributed by atoms with van der Waals surface area (Å²) in [5.74, 6) is 1.42. The minimum atomic E-state index is -4.51. The van der Waals surface area contributed by atoms with Gasteiger partial charge in [0.2, 0.25) is 5.95 Å². The molecule has 2 heterocycles. The number of nitrogens with one attached hydrogen (secondary N) is 2. The van der Waals surface area contributed by atoms with Crippen molar-refractivity contribution in [2.75, 3.05) is 43.2 Å². The number of nitrogens with zero attached hydrogens (tertiary/aromatic N) is 3. The van der Waals surface area contributed by atoms with Crippen molar-refractivity contribution < 1.29 is 17.9 Å². The molecule has 1 fully saturated rings. The van der Waals surface area contributed by atoms with Gasteiger partial charge < -0.3 is 26.0 Å². The molecule has 7 nitrogen and oxygen atoms in total. The van der Waals surface area contributed by atoms with E-state index in [1.54, 1.807) is 13.2 Å². The van der Waals surface area contributed by atoms with Crippen molar-refractivity contribution in [2.24, 2.45) is 0 Å².